The van der Waals surface area contributed by atoms with E-state index in [1.165, 1.54) is 0 Å². The van der Waals surface area contributed by atoms with Gasteiger partial charge in [-0.25, -0.2) is 4.79 Å². The van der Waals surface area contributed by atoms with Crippen LogP contribution < -0.4 is 11.1 Å². The third kappa shape index (κ3) is 2.41. The number of nitrogen functional groups attached to an aromatic ring is 1. The molecule has 2 aromatic carbocycles. The first-order chi connectivity index (χ1) is 10.4. The van der Waals surface area contributed by atoms with Crippen molar-refractivity contribution in [3.05, 3.63) is 59.2 Å². The number of para-hydroxylation sites is 1. The van der Waals surface area contributed by atoms with E-state index in [0.29, 0.717) is 5.56 Å². The standard InChI is InChI=1S/C18H20N2O2/c1-18(2)10-16(12-5-3-4-6-14(12)19)20-15-8-7-11(17(21)22)9-13(15)18/h3-9,16,20H,10,19H2,1-2H3,(H,21,22). The Morgan fingerprint density at radius 2 is 2.00 bits per heavy atom. The van der Waals surface area contributed by atoms with Gasteiger partial charge < -0.3 is 16.2 Å². The summed E-state index contributed by atoms with van der Waals surface area (Å²) in [6, 6.07) is 13.3. The van der Waals surface area contributed by atoms with Gasteiger partial charge in [0.1, 0.15) is 0 Å². The van der Waals surface area contributed by atoms with Crippen LogP contribution in [0.3, 0.4) is 0 Å². The van der Waals surface area contributed by atoms with E-state index in [1.807, 2.05) is 30.3 Å². The number of carboxylic acid groups (broad SMARTS) is 1. The Hall–Kier alpha value is -2.49. The summed E-state index contributed by atoms with van der Waals surface area (Å²) in [5, 5.41) is 12.7. The lowest BCUT2D eigenvalue weighted by molar-refractivity contribution is 0.0696. The van der Waals surface area contributed by atoms with Crippen LogP contribution in [0, 0.1) is 0 Å². The first kappa shape index (κ1) is 14.4. The van der Waals surface area contributed by atoms with Gasteiger partial charge in [-0.1, -0.05) is 32.0 Å². The minimum Gasteiger partial charge on any atom is -0.478 e. The molecule has 22 heavy (non-hydrogen) atoms. The van der Waals surface area contributed by atoms with E-state index in [0.717, 1.165) is 28.9 Å². The number of nitrogens with one attached hydrogen (secondary N) is 1. The first-order valence-electron chi connectivity index (χ1n) is 7.37. The van der Waals surface area contributed by atoms with Gasteiger partial charge in [-0.3, -0.25) is 0 Å². The number of carboxylic acids is 1. The fraction of sp³-hybridized carbons (Fsp3) is 0.278. The molecule has 3 rings (SSSR count). The van der Waals surface area contributed by atoms with Crippen LogP contribution in [0.1, 0.15) is 47.8 Å². The van der Waals surface area contributed by atoms with Crippen molar-refractivity contribution in [1.82, 2.24) is 0 Å². The van der Waals surface area contributed by atoms with Crippen LogP contribution in [0.4, 0.5) is 11.4 Å². The Balaban J connectivity index is 2.04. The highest BCUT2D eigenvalue weighted by atomic mass is 16.4. The Labute approximate surface area is 130 Å². The minimum atomic E-state index is -0.895. The topological polar surface area (TPSA) is 75.3 Å². The lowest BCUT2D eigenvalue weighted by Gasteiger charge is -2.39. The van der Waals surface area contributed by atoms with E-state index in [4.69, 9.17) is 5.73 Å². The smallest absolute Gasteiger partial charge is 0.335 e. The Morgan fingerprint density at radius 1 is 1.27 bits per heavy atom. The highest BCUT2D eigenvalue weighted by molar-refractivity contribution is 5.89. The molecular weight excluding hydrogens is 276 g/mol. The average Bonchev–Trinajstić information content (AvgIpc) is 2.46. The molecular formula is C18H20N2O2. The van der Waals surface area contributed by atoms with Gasteiger partial charge in [-0.05, 0) is 47.2 Å². The number of fused-ring (bicyclic) bond motifs is 1. The highest BCUT2D eigenvalue weighted by Gasteiger charge is 2.34. The normalized spacial score (nSPS) is 19.1. The third-order valence-corrected chi connectivity index (χ3v) is 4.41. The number of anilines is 2. The number of aromatic carboxylic acids is 1. The monoisotopic (exact) mass is 296 g/mol. The van der Waals surface area contributed by atoms with Crippen LogP contribution in [-0.4, -0.2) is 11.1 Å². The molecule has 0 fully saturated rings. The van der Waals surface area contributed by atoms with Crippen LogP contribution in [0.5, 0.6) is 0 Å². The molecule has 0 spiro atoms. The van der Waals surface area contributed by atoms with E-state index < -0.39 is 5.97 Å². The predicted octanol–water partition coefficient (Wildman–Crippen LogP) is 3.80. The number of carbonyl (C=O) groups is 1. The van der Waals surface area contributed by atoms with E-state index in [2.05, 4.69) is 19.2 Å². The molecule has 1 aliphatic rings. The van der Waals surface area contributed by atoms with Crippen molar-refractivity contribution in [3.8, 4) is 0 Å². The molecule has 0 amide bonds. The van der Waals surface area contributed by atoms with Crippen molar-refractivity contribution in [1.29, 1.82) is 0 Å². The fourth-order valence-electron chi connectivity index (χ4n) is 3.24. The van der Waals surface area contributed by atoms with E-state index in [1.54, 1.807) is 12.1 Å². The van der Waals surface area contributed by atoms with Gasteiger partial charge in [-0.2, -0.15) is 0 Å². The van der Waals surface area contributed by atoms with Crippen molar-refractivity contribution < 1.29 is 9.90 Å². The summed E-state index contributed by atoms with van der Waals surface area (Å²) in [7, 11) is 0. The van der Waals surface area contributed by atoms with Gasteiger partial charge in [0, 0.05) is 11.4 Å². The summed E-state index contributed by atoms with van der Waals surface area (Å²) in [6.45, 7) is 4.29. The maximum absolute atomic E-state index is 11.2. The zero-order chi connectivity index (χ0) is 15.9. The summed E-state index contributed by atoms with van der Waals surface area (Å²) in [5.74, 6) is -0.895. The van der Waals surface area contributed by atoms with Gasteiger partial charge in [-0.15, -0.1) is 0 Å². The molecule has 2 aromatic rings. The lowest BCUT2D eigenvalue weighted by atomic mass is 9.73. The van der Waals surface area contributed by atoms with E-state index in [9.17, 15) is 9.90 Å². The second kappa shape index (κ2) is 5.05. The molecule has 0 saturated carbocycles. The Kier molecular flexibility index (Phi) is 3.32. The van der Waals surface area contributed by atoms with Crippen LogP contribution in [0.15, 0.2) is 42.5 Å². The third-order valence-electron chi connectivity index (χ3n) is 4.41. The Morgan fingerprint density at radius 3 is 2.68 bits per heavy atom. The highest BCUT2D eigenvalue weighted by Crippen LogP contribution is 2.45. The largest absolute Gasteiger partial charge is 0.478 e. The van der Waals surface area contributed by atoms with Crippen molar-refractivity contribution in [2.24, 2.45) is 0 Å². The average molecular weight is 296 g/mol. The quantitative estimate of drug-likeness (QED) is 0.737. The molecule has 0 radical (unpaired) electrons. The minimum absolute atomic E-state index is 0.124. The van der Waals surface area contributed by atoms with Crippen LogP contribution >= 0.6 is 0 Å². The van der Waals surface area contributed by atoms with Crippen molar-refractivity contribution in [2.75, 3.05) is 11.1 Å². The summed E-state index contributed by atoms with van der Waals surface area (Å²) in [4.78, 5) is 11.2. The van der Waals surface area contributed by atoms with Crippen LogP contribution in [-0.2, 0) is 5.41 Å². The number of hydrogen-bond acceptors (Lipinski definition) is 3. The van der Waals surface area contributed by atoms with Crippen molar-refractivity contribution in [3.63, 3.8) is 0 Å². The molecule has 4 N–H and O–H groups in total. The molecule has 1 aliphatic heterocycles. The van der Waals surface area contributed by atoms with Gasteiger partial charge in [0.05, 0.1) is 11.6 Å². The number of rotatable bonds is 2. The maximum Gasteiger partial charge on any atom is 0.335 e. The fourth-order valence-corrected chi connectivity index (χ4v) is 3.24. The number of nitrogens with two attached hydrogens (primary N) is 1. The molecule has 1 unspecified atom stereocenters. The van der Waals surface area contributed by atoms with Crippen molar-refractivity contribution >= 4 is 17.3 Å². The predicted molar refractivity (Wildman–Crippen MR) is 88.3 cm³/mol. The summed E-state index contributed by atoms with van der Waals surface area (Å²) < 4.78 is 0. The van der Waals surface area contributed by atoms with Crippen LogP contribution in [0.2, 0.25) is 0 Å². The molecule has 0 bridgehead atoms. The van der Waals surface area contributed by atoms with Crippen LogP contribution in [0.25, 0.3) is 0 Å². The summed E-state index contributed by atoms with van der Waals surface area (Å²) in [5.41, 5.74) is 10.2. The molecule has 114 valence electrons. The SMILES string of the molecule is CC1(C)CC(c2ccccc2N)Nc2ccc(C(=O)O)cc21. The van der Waals surface area contributed by atoms with Gasteiger partial charge in [0.25, 0.3) is 0 Å². The summed E-state index contributed by atoms with van der Waals surface area (Å²) >= 11 is 0. The molecule has 0 aromatic heterocycles. The second-order valence-electron chi connectivity index (χ2n) is 6.48. The van der Waals surface area contributed by atoms with Crippen molar-refractivity contribution in [2.45, 2.75) is 31.7 Å². The number of hydrogen-bond donors (Lipinski definition) is 3. The van der Waals surface area contributed by atoms with Gasteiger partial charge in [0.2, 0.25) is 0 Å². The van der Waals surface area contributed by atoms with Gasteiger partial charge in [0.15, 0.2) is 0 Å². The van der Waals surface area contributed by atoms with E-state index >= 15 is 0 Å². The molecule has 1 heterocycles. The summed E-state index contributed by atoms with van der Waals surface area (Å²) in [6.07, 6.45) is 0.858. The van der Waals surface area contributed by atoms with Gasteiger partial charge >= 0.3 is 5.97 Å². The lowest BCUT2D eigenvalue weighted by Crippen LogP contribution is -2.31. The zero-order valence-electron chi connectivity index (χ0n) is 12.8. The second-order valence-corrected chi connectivity index (χ2v) is 6.48. The Bertz CT molecular complexity index is 738. The zero-order valence-corrected chi connectivity index (χ0v) is 12.8. The molecule has 0 aliphatic carbocycles. The first-order valence-corrected chi connectivity index (χ1v) is 7.37. The molecule has 1 atom stereocenters. The molecule has 4 heteroatoms. The number of benzene rings is 2. The van der Waals surface area contributed by atoms with E-state index in [-0.39, 0.29) is 11.5 Å². The molecule has 0 saturated heterocycles. The maximum atomic E-state index is 11.2. The molecule has 4 nitrogen and oxygen atoms in total.